The van der Waals surface area contributed by atoms with Crippen LogP contribution in [0.2, 0.25) is 0 Å². The molecule has 6 atom stereocenters. The van der Waals surface area contributed by atoms with Gasteiger partial charge in [0.05, 0.1) is 12.2 Å². The number of fused-ring (bicyclic) bond motifs is 1. The van der Waals surface area contributed by atoms with Crippen LogP contribution < -0.4 is 0 Å². The van der Waals surface area contributed by atoms with Gasteiger partial charge in [-0.15, -0.1) is 0 Å². The molecule has 3 aliphatic carbocycles. The molecule has 0 spiro atoms. The Hall–Kier alpha value is -0.860. The average molecular weight is 345 g/mol. The fourth-order valence-corrected chi connectivity index (χ4v) is 6.09. The van der Waals surface area contributed by atoms with E-state index < -0.39 is 12.2 Å². The number of hydrogen-bond donors (Lipinski definition) is 2. The van der Waals surface area contributed by atoms with Crippen molar-refractivity contribution in [2.24, 2.45) is 23.2 Å². The fraction of sp³-hybridized carbons (Fsp3) is 0.739. The Morgan fingerprint density at radius 2 is 1.88 bits per heavy atom. The topological polar surface area (TPSA) is 40.5 Å². The molecule has 0 heterocycles. The van der Waals surface area contributed by atoms with E-state index in [-0.39, 0.29) is 0 Å². The largest absolute Gasteiger partial charge is 0.388 e. The van der Waals surface area contributed by atoms with E-state index in [4.69, 9.17) is 0 Å². The molecule has 0 bridgehead atoms. The molecule has 3 fully saturated rings. The summed E-state index contributed by atoms with van der Waals surface area (Å²) < 4.78 is 0. The zero-order chi connectivity index (χ0) is 18.2. The van der Waals surface area contributed by atoms with Crippen molar-refractivity contribution in [1.29, 1.82) is 0 Å². The highest BCUT2D eigenvalue weighted by atomic mass is 16.3. The summed E-state index contributed by atoms with van der Waals surface area (Å²) in [7, 11) is 0. The molecule has 2 N–H and O–H groups in total. The molecule has 3 rings (SSSR count). The lowest BCUT2D eigenvalue weighted by molar-refractivity contribution is 0.0632. The van der Waals surface area contributed by atoms with Gasteiger partial charge >= 0.3 is 0 Å². The van der Waals surface area contributed by atoms with Crippen LogP contribution in [0.5, 0.6) is 0 Å². The summed E-state index contributed by atoms with van der Waals surface area (Å²) in [4.78, 5) is 0. The molecule has 3 aliphatic rings. The van der Waals surface area contributed by atoms with Crippen LogP contribution in [0.1, 0.15) is 71.6 Å². The van der Waals surface area contributed by atoms with Crippen molar-refractivity contribution in [2.45, 2.75) is 83.8 Å². The molecule has 0 aromatic rings. The Morgan fingerprint density at radius 1 is 1.20 bits per heavy atom. The molecule has 0 aliphatic heterocycles. The predicted octanol–water partition coefficient (Wildman–Crippen LogP) is 5.17. The van der Waals surface area contributed by atoms with Crippen LogP contribution in [0.3, 0.4) is 0 Å². The Balaban J connectivity index is 1.69. The van der Waals surface area contributed by atoms with Gasteiger partial charge in [-0.05, 0) is 80.1 Å². The highest BCUT2D eigenvalue weighted by molar-refractivity contribution is 5.23. The van der Waals surface area contributed by atoms with Crippen LogP contribution >= 0.6 is 0 Å². The maximum Gasteiger partial charge on any atom is 0.0809 e. The first-order valence-corrected chi connectivity index (χ1v) is 10.3. The molecule has 0 aromatic carbocycles. The standard InChI is InChI=1S/C23H36O2/c1-5-15(2)19-10-11-20-18(7-6-12-23(19,20)4)9-8-17-13-21(24)16(3)22(25)14-17/h8,18-22,24-25H,2-3,5-7,9-14H2,1,4H3/t18?,19-,20+,21-,22-,23?/m1/s1. The van der Waals surface area contributed by atoms with E-state index in [1.807, 2.05) is 0 Å². The molecule has 0 radical (unpaired) electrons. The Morgan fingerprint density at radius 3 is 2.52 bits per heavy atom. The lowest BCUT2D eigenvalue weighted by Gasteiger charge is -2.45. The van der Waals surface area contributed by atoms with Gasteiger partial charge in [0, 0.05) is 0 Å². The van der Waals surface area contributed by atoms with E-state index in [2.05, 4.69) is 33.1 Å². The fourth-order valence-electron chi connectivity index (χ4n) is 6.09. The third-order valence-corrected chi connectivity index (χ3v) is 7.69. The molecule has 2 heteroatoms. The van der Waals surface area contributed by atoms with Crippen molar-refractivity contribution < 1.29 is 10.2 Å². The molecular weight excluding hydrogens is 308 g/mol. The van der Waals surface area contributed by atoms with Gasteiger partial charge in [-0.25, -0.2) is 0 Å². The maximum atomic E-state index is 10.1. The van der Waals surface area contributed by atoms with E-state index in [9.17, 15) is 10.2 Å². The molecule has 0 amide bonds. The number of allylic oxidation sites excluding steroid dienone is 2. The molecule has 3 saturated carbocycles. The molecule has 0 aromatic heterocycles. The zero-order valence-corrected chi connectivity index (χ0v) is 16.1. The summed E-state index contributed by atoms with van der Waals surface area (Å²) in [5.41, 5.74) is 3.70. The lowest BCUT2D eigenvalue weighted by atomic mass is 9.59. The summed E-state index contributed by atoms with van der Waals surface area (Å²) in [5, 5.41) is 20.1. The number of hydrogen-bond acceptors (Lipinski definition) is 2. The third kappa shape index (κ3) is 3.53. The second-order valence-electron chi connectivity index (χ2n) is 9.02. The summed E-state index contributed by atoms with van der Waals surface area (Å²) in [6, 6.07) is 0. The van der Waals surface area contributed by atoms with Gasteiger partial charge in [0.2, 0.25) is 0 Å². The molecule has 25 heavy (non-hydrogen) atoms. The number of aliphatic hydroxyl groups excluding tert-OH is 2. The van der Waals surface area contributed by atoms with E-state index in [1.165, 1.54) is 43.3 Å². The van der Waals surface area contributed by atoms with Crippen molar-refractivity contribution in [3.8, 4) is 0 Å². The van der Waals surface area contributed by atoms with Crippen molar-refractivity contribution >= 4 is 0 Å². The smallest absolute Gasteiger partial charge is 0.0809 e. The van der Waals surface area contributed by atoms with Gasteiger partial charge in [0.15, 0.2) is 0 Å². The van der Waals surface area contributed by atoms with Gasteiger partial charge in [0.25, 0.3) is 0 Å². The summed E-state index contributed by atoms with van der Waals surface area (Å²) in [6.45, 7) is 13.0. The SMILES string of the molecule is C=C1[C@H](O)CC(=CCC2CCCC3(C)[C@@H](C(=C)CC)CC[C@@H]23)C[C@H]1O. The minimum Gasteiger partial charge on any atom is -0.388 e. The maximum absolute atomic E-state index is 10.1. The van der Waals surface area contributed by atoms with Crippen LogP contribution in [0, 0.1) is 23.2 Å². The number of aliphatic hydroxyl groups is 2. The first-order chi connectivity index (χ1) is 11.9. The summed E-state index contributed by atoms with van der Waals surface area (Å²) in [6.07, 6.45) is 11.4. The molecule has 2 nitrogen and oxygen atoms in total. The average Bonchev–Trinajstić information content (AvgIpc) is 2.94. The lowest BCUT2D eigenvalue weighted by Crippen LogP contribution is -2.37. The molecule has 2 unspecified atom stereocenters. The second kappa shape index (κ2) is 7.40. The van der Waals surface area contributed by atoms with E-state index in [0.717, 1.165) is 24.7 Å². The molecular formula is C23H36O2. The normalized spacial score (nSPS) is 41.5. The highest BCUT2D eigenvalue weighted by Gasteiger charge is 2.51. The van der Waals surface area contributed by atoms with Gasteiger partial charge in [-0.3, -0.25) is 0 Å². The van der Waals surface area contributed by atoms with Crippen molar-refractivity contribution in [3.63, 3.8) is 0 Å². The van der Waals surface area contributed by atoms with Crippen molar-refractivity contribution in [1.82, 2.24) is 0 Å². The summed E-state index contributed by atoms with van der Waals surface area (Å²) in [5.74, 6) is 2.26. The van der Waals surface area contributed by atoms with Crippen LogP contribution in [0.15, 0.2) is 36.0 Å². The first-order valence-electron chi connectivity index (χ1n) is 10.3. The zero-order valence-electron chi connectivity index (χ0n) is 16.1. The quantitative estimate of drug-likeness (QED) is 0.690. The Bertz CT molecular complexity index is 544. The molecule has 140 valence electrons. The second-order valence-corrected chi connectivity index (χ2v) is 9.02. The molecule has 0 saturated heterocycles. The first kappa shape index (κ1) is 18.9. The van der Waals surface area contributed by atoms with Gasteiger partial charge < -0.3 is 10.2 Å². The Kier molecular flexibility index (Phi) is 5.60. The van der Waals surface area contributed by atoms with E-state index >= 15 is 0 Å². The monoisotopic (exact) mass is 344 g/mol. The van der Waals surface area contributed by atoms with Crippen LogP contribution in [0.4, 0.5) is 0 Å². The summed E-state index contributed by atoms with van der Waals surface area (Å²) >= 11 is 0. The van der Waals surface area contributed by atoms with E-state index in [1.54, 1.807) is 0 Å². The highest BCUT2D eigenvalue weighted by Crippen LogP contribution is 2.60. The third-order valence-electron chi connectivity index (χ3n) is 7.69. The van der Waals surface area contributed by atoms with Crippen LogP contribution in [0.25, 0.3) is 0 Å². The van der Waals surface area contributed by atoms with Crippen molar-refractivity contribution in [2.75, 3.05) is 0 Å². The van der Waals surface area contributed by atoms with Crippen molar-refractivity contribution in [3.05, 3.63) is 36.0 Å². The van der Waals surface area contributed by atoms with Gasteiger partial charge in [0.1, 0.15) is 0 Å². The minimum absolute atomic E-state index is 0.439. The van der Waals surface area contributed by atoms with E-state index in [0.29, 0.717) is 29.7 Å². The predicted molar refractivity (Wildman–Crippen MR) is 104 cm³/mol. The number of rotatable bonds is 4. The minimum atomic E-state index is -0.574. The van der Waals surface area contributed by atoms with Crippen LogP contribution in [-0.4, -0.2) is 22.4 Å². The van der Waals surface area contributed by atoms with Gasteiger partial charge in [-0.2, -0.15) is 0 Å². The van der Waals surface area contributed by atoms with Crippen LogP contribution in [-0.2, 0) is 0 Å². The Labute approximate surface area is 153 Å². The van der Waals surface area contributed by atoms with Gasteiger partial charge in [-0.1, -0.05) is 50.6 Å².